The molecule has 0 N–H and O–H groups in total. The van der Waals surface area contributed by atoms with E-state index < -0.39 is 26.5 Å². The third kappa shape index (κ3) is 57.3. The number of unbranched alkanes of at least 4 members (excludes halogenated alkanes) is 34. The molecule has 72 heavy (non-hydrogen) atoms. The van der Waals surface area contributed by atoms with Crippen LogP contribution in [0.1, 0.15) is 284 Å². The Bertz CT molecular complexity index is 1360. The zero-order valence-corrected chi connectivity index (χ0v) is 48.8. The van der Waals surface area contributed by atoms with Gasteiger partial charge in [0, 0.05) is 12.8 Å². The zero-order chi connectivity index (χ0) is 52.7. The van der Waals surface area contributed by atoms with Crippen LogP contribution in [0.15, 0.2) is 48.6 Å². The highest BCUT2D eigenvalue weighted by Crippen LogP contribution is 2.38. The van der Waals surface area contributed by atoms with Gasteiger partial charge in [0.1, 0.15) is 19.8 Å². The molecule has 0 aromatic heterocycles. The van der Waals surface area contributed by atoms with Gasteiger partial charge in [-0.3, -0.25) is 14.2 Å². The van der Waals surface area contributed by atoms with Gasteiger partial charge < -0.3 is 27.9 Å². The van der Waals surface area contributed by atoms with Crippen molar-refractivity contribution in [1.29, 1.82) is 0 Å². The Hall–Kier alpha value is -2.03. The summed E-state index contributed by atoms with van der Waals surface area (Å²) in [6, 6.07) is 0. The van der Waals surface area contributed by atoms with E-state index in [1.165, 1.54) is 186 Å². The van der Waals surface area contributed by atoms with Gasteiger partial charge in [0.2, 0.25) is 0 Å². The van der Waals surface area contributed by atoms with Crippen molar-refractivity contribution in [2.45, 2.75) is 290 Å². The molecular weight excluding hydrogens is 918 g/mol. The number of carbonyl (C=O) groups is 2. The van der Waals surface area contributed by atoms with E-state index in [-0.39, 0.29) is 32.0 Å². The monoisotopic (exact) mass is 1030 g/mol. The summed E-state index contributed by atoms with van der Waals surface area (Å²) in [4.78, 5) is 37.9. The quantitative estimate of drug-likeness (QED) is 0.0195. The number of hydrogen-bond acceptors (Lipinski definition) is 8. The molecule has 0 spiro atoms. The fraction of sp³-hybridized carbons (Fsp3) is 0.839. The van der Waals surface area contributed by atoms with Gasteiger partial charge >= 0.3 is 11.9 Å². The third-order valence-electron chi connectivity index (χ3n) is 13.4. The summed E-state index contributed by atoms with van der Waals surface area (Å²) in [5.41, 5.74) is 0. The molecule has 0 heterocycles. The van der Waals surface area contributed by atoms with Crippen molar-refractivity contribution in [2.75, 3.05) is 47.5 Å². The first kappa shape index (κ1) is 70.0. The van der Waals surface area contributed by atoms with E-state index >= 15 is 0 Å². The first-order chi connectivity index (χ1) is 35.0. The summed E-state index contributed by atoms with van der Waals surface area (Å²) in [5, 5.41) is 0. The summed E-state index contributed by atoms with van der Waals surface area (Å²) in [6.45, 7) is 4.17. The van der Waals surface area contributed by atoms with E-state index in [1.807, 2.05) is 21.1 Å². The van der Waals surface area contributed by atoms with Crippen LogP contribution in [0.5, 0.6) is 0 Å². The summed E-state index contributed by atoms with van der Waals surface area (Å²) in [5.74, 6) is -0.820. The molecular formula is C62H116NO8P. The Balaban J connectivity index is 4.10. The number of esters is 2. The Labute approximate surface area is 445 Å². The molecule has 2 atom stereocenters. The minimum absolute atomic E-state index is 0.0296. The molecule has 0 aromatic carbocycles. The molecule has 0 radical (unpaired) electrons. The fourth-order valence-electron chi connectivity index (χ4n) is 8.71. The van der Waals surface area contributed by atoms with Gasteiger partial charge in [0.25, 0.3) is 7.82 Å². The summed E-state index contributed by atoms with van der Waals surface area (Å²) >= 11 is 0. The molecule has 0 saturated carbocycles. The molecule has 9 nitrogen and oxygen atoms in total. The van der Waals surface area contributed by atoms with E-state index in [9.17, 15) is 19.0 Å². The number of nitrogens with zero attached hydrogens (tertiary/aromatic N) is 1. The number of quaternary nitrogens is 1. The molecule has 0 saturated heterocycles. The highest BCUT2D eigenvalue weighted by molar-refractivity contribution is 7.45. The number of ether oxygens (including phenoxy) is 2. The van der Waals surface area contributed by atoms with Crippen molar-refractivity contribution in [1.82, 2.24) is 0 Å². The molecule has 0 aliphatic carbocycles. The second kappa shape index (κ2) is 53.8. The molecule has 0 aliphatic heterocycles. The molecule has 0 aromatic rings. The lowest BCUT2D eigenvalue weighted by Crippen LogP contribution is -2.37. The van der Waals surface area contributed by atoms with Gasteiger partial charge in [0.15, 0.2) is 6.10 Å². The molecule has 0 fully saturated rings. The summed E-state index contributed by atoms with van der Waals surface area (Å²) in [7, 11) is 1.18. The molecule has 0 bridgehead atoms. The Kier molecular flexibility index (Phi) is 52.3. The van der Waals surface area contributed by atoms with Crippen LogP contribution in [-0.2, 0) is 32.7 Å². The van der Waals surface area contributed by atoms with Crippen molar-refractivity contribution in [3.63, 3.8) is 0 Å². The maximum atomic E-state index is 12.8. The van der Waals surface area contributed by atoms with Gasteiger partial charge in [-0.1, -0.05) is 268 Å². The van der Waals surface area contributed by atoms with Crippen molar-refractivity contribution < 1.29 is 42.1 Å². The van der Waals surface area contributed by atoms with Gasteiger partial charge in [-0.25, -0.2) is 0 Å². The fourth-order valence-corrected chi connectivity index (χ4v) is 9.44. The molecule has 0 aliphatic rings. The Morgan fingerprint density at radius 1 is 0.444 bits per heavy atom. The SMILES string of the molecule is CC/C=C\C/C=C\C/C=C\C/C=C\CCCCCCCCCCCCCCCCC(=O)OC(COC(=O)CCCCCCCCCCCCCCCCCCCCCCC)COP(=O)([O-])OCC[N+](C)(C)C. The maximum absolute atomic E-state index is 12.8. The average Bonchev–Trinajstić information content (AvgIpc) is 3.34. The van der Waals surface area contributed by atoms with E-state index in [2.05, 4.69) is 62.5 Å². The Morgan fingerprint density at radius 2 is 0.792 bits per heavy atom. The first-order valence-corrected chi connectivity index (χ1v) is 31.8. The van der Waals surface area contributed by atoms with Crippen LogP contribution < -0.4 is 4.89 Å². The van der Waals surface area contributed by atoms with E-state index in [4.69, 9.17) is 18.5 Å². The van der Waals surface area contributed by atoms with E-state index in [0.29, 0.717) is 17.4 Å². The summed E-state index contributed by atoms with van der Waals surface area (Å²) in [6.07, 6.45) is 67.3. The van der Waals surface area contributed by atoms with Crippen LogP contribution in [0.2, 0.25) is 0 Å². The summed E-state index contributed by atoms with van der Waals surface area (Å²) < 4.78 is 34.2. The van der Waals surface area contributed by atoms with Crippen molar-refractivity contribution in [3.8, 4) is 0 Å². The van der Waals surface area contributed by atoms with Gasteiger partial charge in [0.05, 0.1) is 27.7 Å². The number of phosphoric acid groups is 1. The topological polar surface area (TPSA) is 111 Å². The number of phosphoric ester groups is 1. The predicted octanol–water partition coefficient (Wildman–Crippen LogP) is 18.3. The highest BCUT2D eigenvalue weighted by atomic mass is 31.2. The highest BCUT2D eigenvalue weighted by Gasteiger charge is 2.22. The van der Waals surface area contributed by atoms with E-state index in [0.717, 1.165) is 64.2 Å². The average molecular weight is 1030 g/mol. The minimum Gasteiger partial charge on any atom is -0.756 e. The zero-order valence-electron chi connectivity index (χ0n) is 47.9. The number of allylic oxidation sites excluding steroid dienone is 8. The van der Waals surface area contributed by atoms with Crippen molar-refractivity contribution in [2.24, 2.45) is 0 Å². The largest absolute Gasteiger partial charge is 0.756 e. The second-order valence-electron chi connectivity index (χ2n) is 21.7. The van der Waals surface area contributed by atoms with Gasteiger partial charge in [-0.15, -0.1) is 0 Å². The van der Waals surface area contributed by atoms with Crippen LogP contribution >= 0.6 is 7.82 Å². The van der Waals surface area contributed by atoms with Crippen LogP contribution in [0, 0.1) is 0 Å². The predicted molar refractivity (Wildman–Crippen MR) is 305 cm³/mol. The minimum atomic E-state index is -4.64. The second-order valence-corrected chi connectivity index (χ2v) is 23.1. The van der Waals surface area contributed by atoms with Crippen LogP contribution in [0.4, 0.5) is 0 Å². The van der Waals surface area contributed by atoms with Crippen LogP contribution in [0.25, 0.3) is 0 Å². The number of carbonyl (C=O) groups excluding carboxylic acids is 2. The third-order valence-corrected chi connectivity index (χ3v) is 14.3. The van der Waals surface area contributed by atoms with Crippen LogP contribution in [0.3, 0.4) is 0 Å². The van der Waals surface area contributed by atoms with Gasteiger partial charge in [-0.2, -0.15) is 0 Å². The van der Waals surface area contributed by atoms with Crippen LogP contribution in [-0.4, -0.2) is 70.0 Å². The number of hydrogen-bond donors (Lipinski definition) is 0. The maximum Gasteiger partial charge on any atom is 0.306 e. The van der Waals surface area contributed by atoms with Crippen molar-refractivity contribution >= 4 is 19.8 Å². The molecule has 0 rings (SSSR count). The molecule has 2 unspecified atom stereocenters. The molecule has 422 valence electrons. The lowest BCUT2D eigenvalue weighted by atomic mass is 10.0. The lowest BCUT2D eigenvalue weighted by Gasteiger charge is -2.28. The number of likely N-dealkylation sites (N-methyl/N-ethyl adjacent to an activating group) is 1. The standard InChI is InChI=1S/C62H116NO8P/c1-6-8-10-12-14-16-18-20-22-24-26-28-29-30-31-32-33-35-37-39-41-43-45-47-49-51-53-55-62(65)71-60(59-70-72(66,67)69-57-56-63(3,4)5)58-68-61(64)54-52-50-48-46-44-42-40-38-36-34-27-25-23-21-19-17-15-13-11-9-7-2/h8,10,14,16,20,22,26,28,60H,6-7,9,11-13,15,17-19,21,23-25,27,29-59H2,1-5H3/b10-8-,16-14-,22-20-,28-26-. The van der Waals surface area contributed by atoms with Crippen molar-refractivity contribution in [3.05, 3.63) is 48.6 Å². The van der Waals surface area contributed by atoms with Gasteiger partial charge in [-0.05, 0) is 51.4 Å². The Morgan fingerprint density at radius 3 is 1.18 bits per heavy atom. The first-order valence-electron chi connectivity index (χ1n) is 30.3. The molecule has 10 heteroatoms. The normalized spacial score (nSPS) is 13.6. The lowest BCUT2D eigenvalue weighted by molar-refractivity contribution is -0.870. The smallest absolute Gasteiger partial charge is 0.306 e. The number of rotatable bonds is 56. The molecule has 0 amide bonds. The van der Waals surface area contributed by atoms with E-state index in [1.54, 1.807) is 0 Å².